The van der Waals surface area contributed by atoms with Gasteiger partial charge in [0.15, 0.2) is 5.12 Å². The maximum Gasteiger partial charge on any atom is 0.227 e. The van der Waals surface area contributed by atoms with E-state index in [-0.39, 0.29) is 22.7 Å². The van der Waals surface area contributed by atoms with Crippen molar-refractivity contribution < 1.29 is 14.7 Å². The van der Waals surface area contributed by atoms with Crippen LogP contribution in [0, 0.1) is 19.8 Å². The van der Waals surface area contributed by atoms with Crippen molar-refractivity contribution in [2.45, 2.75) is 27.2 Å². The number of amides is 1. The van der Waals surface area contributed by atoms with Crippen LogP contribution >= 0.6 is 11.8 Å². The smallest absolute Gasteiger partial charge is 0.227 e. The molecular weight excluding hydrogens is 274 g/mol. The summed E-state index contributed by atoms with van der Waals surface area (Å²) in [7, 11) is 0. The number of hydrogen-bond acceptors (Lipinski definition) is 4. The van der Waals surface area contributed by atoms with E-state index in [4.69, 9.17) is 0 Å². The van der Waals surface area contributed by atoms with Crippen molar-refractivity contribution in [1.82, 2.24) is 0 Å². The Morgan fingerprint density at radius 2 is 2.10 bits per heavy atom. The molecule has 1 aliphatic rings. The Balaban J connectivity index is 2.16. The molecule has 0 saturated carbocycles. The van der Waals surface area contributed by atoms with Crippen LogP contribution in [0.15, 0.2) is 12.1 Å². The average molecular weight is 293 g/mol. The first kappa shape index (κ1) is 14.9. The number of hydrogen-bond donors (Lipinski definition) is 1. The minimum absolute atomic E-state index is 0.0901. The first-order chi connectivity index (χ1) is 9.38. The van der Waals surface area contributed by atoms with Crippen LogP contribution in [-0.4, -0.2) is 28.4 Å². The fourth-order valence-corrected chi connectivity index (χ4v) is 3.13. The molecule has 4 nitrogen and oxygen atoms in total. The van der Waals surface area contributed by atoms with Gasteiger partial charge < -0.3 is 10.0 Å². The first-order valence-electron chi connectivity index (χ1n) is 6.62. The lowest BCUT2D eigenvalue weighted by atomic mass is 10.1. The molecule has 0 aliphatic carbocycles. The Morgan fingerprint density at radius 1 is 1.40 bits per heavy atom. The number of carbonyl (C=O) groups excluding carboxylic acids is 2. The molecule has 1 amide bonds. The van der Waals surface area contributed by atoms with Crippen molar-refractivity contribution in [1.29, 1.82) is 0 Å². The van der Waals surface area contributed by atoms with Crippen LogP contribution in [-0.2, 0) is 9.59 Å². The summed E-state index contributed by atoms with van der Waals surface area (Å²) in [4.78, 5) is 24.9. The monoisotopic (exact) mass is 293 g/mol. The number of nitrogens with zero attached hydrogens (tertiary/aromatic N) is 1. The Kier molecular flexibility index (Phi) is 4.38. The van der Waals surface area contributed by atoms with Crippen LogP contribution in [0.25, 0.3) is 0 Å². The Hall–Kier alpha value is -1.49. The quantitative estimate of drug-likeness (QED) is 0.931. The number of aromatic hydroxyl groups is 1. The van der Waals surface area contributed by atoms with Crippen molar-refractivity contribution in [3.8, 4) is 5.75 Å². The molecule has 1 aliphatic heterocycles. The molecule has 0 aromatic heterocycles. The largest absolute Gasteiger partial charge is 0.508 e. The van der Waals surface area contributed by atoms with Crippen molar-refractivity contribution >= 4 is 28.5 Å². The van der Waals surface area contributed by atoms with Crippen LogP contribution < -0.4 is 4.90 Å². The number of benzene rings is 1. The zero-order chi connectivity index (χ0) is 14.9. The lowest BCUT2D eigenvalue weighted by Crippen LogP contribution is -2.25. The molecule has 1 N–H and O–H groups in total. The molecule has 1 aromatic rings. The van der Waals surface area contributed by atoms with Gasteiger partial charge >= 0.3 is 0 Å². The van der Waals surface area contributed by atoms with E-state index in [1.807, 2.05) is 19.9 Å². The van der Waals surface area contributed by atoms with Crippen molar-refractivity contribution in [3.05, 3.63) is 23.3 Å². The molecule has 0 spiro atoms. The summed E-state index contributed by atoms with van der Waals surface area (Å²) in [6.45, 7) is 5.90. The Bertz CT molecular complexity index is 556. The third-order valence-corrected chi connectivity index (χ3v) is 4.58. The number of rotatable bonds is 3. The van der Waals surface area contributed by atoms with E-state index in [2.05, 4.69) is 0 Å². The SMILES string of the molecule is CC(=O)SCC1CC(=O)N(c2cc(C)c(O)cc2C)C1. The van der Waals surface area contributed by atoms with E-state index in [0.717, 1.165) is 16.8 Å². The number of phenols is 1. The summed E-state index contributed by atoms with van der Waals surface area (Å²) in [5, 5.41) is 9.78. The lowest BCUT2D eigenvalue weighted by molar-refractivity contribution is -0.117. The standard InChI is InChI=1S/C15H19NO3S/c1-9-5-14(18)10(2)4-13(9)16-7-12(6-15(16)19)8-20-11(3)17/h4-5,12,18H,6-8H2,1-3H3. The number of phenolic OH excluding ortho intramolecular Hbond substituents is 1. The second-order valence-corrected chi connectivity index (χ2v) is 6.50. The predicted octanol–water partition coefficient (Wildman–Crippen LogP) is 2.64. The summed E-state index contributed by atoms with van der Waals surface area (Å²) >= 11 is 1.28. The van der Waals surface area contributed by atoms with Crippen molar-refractivity contribution in [2.75, 3.05) is 17.2 Å². The van der Waals surface area contributed by atoms with Gasteiger partial charge in [-0.3, -0.25) is 9.59 Å². The highest BCUT2D eigenvalue weighted by Gasteiger charge is 2.31. The number of carbonyl (C=O) groups is 2. The van der Waals surface area contributed by atoms with Gasteiger partial charge in [0.1, 0.15) is 5.75 Å². The van der Waals surface area contributed by atoms with Gasteiger partial charge in [-0.25, -0.2) is 0 Å². The van der Waals surface area contributed by atoms with Crippen LogP contribution in [0.4, 0.5) is 5.69 Å². The highest BCUT2D eigenvalue weighted by molar-refractivity contribution is 8.13. The maximum atomic E-state index is 12.1. The molecule has 1 atom stereocenters. The van der Waals surface area contributed by atoms with Gasteiger partial charge in [-0.05, 0) is 43.0 Å². The zero-order valence-corrected chi connectivity index (χ0v) is 12.8. The van der Waals surface area contributed by atoms with E-state index in [0.29, 0.717) is 18.7 Å². The summed E-state index contributed by atoms with van der Waals surface area (Å²) in [5.74, 6) is 1.24. The molecule has 1 heterocycles. The molecule has 0 bridgehead atoms. The Labute approximate surface area is 123 Å². The minimum atomic E-state index is 0.0901. The molecule has 20 heavy (non-hydrogen) atoms. The minimum Gasteiger partial charge on any atom is -0.508 e. The van der Waals surface area contributed by atoms with Crippen LogP contribution in [0.1, 0.15) is 24.5 Å². The molecule has 1 saturated heterocycles. The molecule has 2 rings (SSSR count). The second kappa shape index (κ2) is 5.87. The van der Waals surface area contributed by atoms with Gasteiger partial charge in [-0.2, -0.15) is 0 Å². The second-order valence-electron chi connectivity index (χ2n) is 5.30. The number of aryl methyl sites for hydroxylation is 2. The lowest BCUT2D eigenvalue weighted by Gasteiger charge is -2.20. The molecule has 0 radical (unpaired) electrons. The van der Waals surface area contributed by atoms with Crippen molar-refractivity contribution in [3.63, 3.8) is 0 Å². The molecular formula is C15H19NO3S. The summed E-state index contributed by atoms with van der Waals surface area (Å²) < 4.78 is 0. The van der Waals surface area contributed by atoms with Gasteiger partial charge in [0.2, 0.25) is 5.91 Å². The average Bonchev–Trinajstić information content (AvgIpc) is 2.72. The van der Waals surface area contributed by atoms with Gasteiger partial charge in [0.05, 0.1) is 0 Å². The summed E-state index contributed by atoms with van der Waals surface area (Å²) in [5.41, 5.74) is 2.52. The Morgan fingerprint density at radius 3 is 2.75 bits per heavy atom. The van der Waals surface area contributed by atoms with Gasteiger partial charge in [0, 0.05) is 31.3 Å². The van der Waals surface area contributed by atoms with Crippen molar-refractivity contribution in [2.24, 2.45) is 5.92 Å². The fraction of sp³-hybridized carbons (Fsp3) is 0.467. The summed E-state index contributed by atoms with van der Waals surface area (Å²) in [6, 6.07) is 3.54. The highest BCUT2D eigenvalue weighted by Crippen LogP contribution is 2.33. The summed E-state index contributed by atoms with van der Waals surface area (Å²) in [6.07, 6.45) is 0.486. The topological polar surface area (TPSA) is 57.6 Å². The van der Waals surface area contributed by atoms with E-state index >= 15 is 0 Å². The van der Waals surface area contributed by atoms with Gasteiger partial charge in [-0.1, -0.05) is 11.8 Å². The van der Waals surface area contributed by atoms with E-state index in [1.54, 1.807) is 17.9 Å². The van der Waals surface area contributed by atoms with Crippen LogP contribution in [0.5, 0.6) is 5.75 Å². The van der Waals surface area contributed by atoms with Gasteiger partial charge in [-0.15, -0.1) is 0 Å². The molecule has 1 unspecified atom stereocenters. The number of anilines is 1. The third kappa shape index (κ3) is 3.15. The van der Waals surface area contributed by atoms with Crippen LogP contribution in [0.3, 0.4) is 0 Å². The molecule has 5 heteroatoms. The van der Waals surface area contributed by atoms with E-state index in [1.165, 1.54) is 11.8 Å². The highest BCUT2D eigenvalue weighted by atomic mass is 32.2. The molecule has 1 aromatic carbocycles. The molecule has 1 fully saturated rings. The first-order valence-corrected chi connectivity index (χ1v) is 7.61. The normalized spacial score (nSPS) is 18.6. The third-order valence-electron chi connectivity index (χ3n) is 3.53. The fourth-order valence-electron chi connectivity index (χ4n) is 2.44. The van der Waals surface area contributed by atoms with E-state index < -0.39 is 0 Å². The van der Waals surface area contributed by atoms with Gasteiger partial charge in [0.25, 0.3) is 0 Å². The predicted molar refractivity (Wildman–Crippen MR) is 81.2 cm³/mol. The van der Waals surface area contributed by atoms with Crippen LogP contribution in [0.2, 0.25) is 0 Å². The number of thioether (sulfide) groups is 1. The molecule has 108 valence electrons. The maximum absolute atomic E-state index is 12.1. The zero-order valence-electron chi connectivity index (χ0n) is 12.0. The van der Waals surface area contributed by atoms with E-state index in [9.17, 15) is 14.7 Å².